The molecule has 5 nitrogen and oxygen atoms in total. The summed E-state index contributed by atoms with van der Waals surface area (Å²) in [5, 5.41) is 0. The molecule has 0 atom stereocenters. The molecule has 1 heterocycles. The number of hydrogen-bond donors (Lipinski definition) is 0. The third kappa shape index (κ3) is 4.21. The fourth-order valence-corrected chi connectivity index (χ4v) is 1.92. The number of benzene rings is 1. The number of ether oxygens (including phenoxy) is 1. The molecule has 2 aromatic rings. The van der Waals surface area contributed by atoms with Crippen LogP contribution in [0, 0.1) is 0 Å². The van der Waals surface area contributed by atoms with E-state index < -0.39 is 5.97 Å². The maximum absolute atomic E-state index is 12.4. The van der Waals surface area contributed by atoms with Gasteiger partial charge in [0.1, 0.15) is 6.54 Å². The highest BCUT2D eigenvalue weighted by Crippen LogP contribution is 2.11. The lowest BCUT2D eigenvalue weighted by atomic mass is 10.2. The summed E-state index contributed by atoms with van der Waals surface area (Å²) in [6.07, 6.45) is 1.43. The molecule has 0 spiro atoms. The first-order valence-corrected chi connectivity index (χ1v) is 6.73. The molecule has 21 heavy (non-hydrogen) atoms. The second kappa shape index (κ2) is 7.28. The molecule has 0 unspecified atom stereocenters. The first kappa shape index (κ1) is 14.8. The summed E-state index contributed by atoms with van der Waals surface area (Å²) in [7, 11) is 0. The van der Waals surface area contributed by atoms with Crippen molar-refractivity contribution in [2.75, 3.05) is 13.2 Å². The minimum Gasteiger partial charge on any atom is -0.465 e. The molecule has 0 fully saturated rings. The van der Waals surface area contributed by atoms with Crippen LogP contribution in [-0.2, 0) is 16.1 Å². The molecule has 0 bridgehead atoms. The number of hydrogen-bond acceptors (Lipinski definition) is 4. The SMILES string of the molecule is CCOC(=O)CN(Cc1ccccc1)C(=O)c1ccco1. The predicted octanol–water partition coefficient (Wildman–Crippen LogP) is 2.49. The van der Waals surface area contributed by atoms with E-state index >= 15 is 0 Å². The van der Waals surface area contributed by atoms with E-state index in [2.05, 4.69) is 0 Å². The molecule has 0 N–H and O–H groups in total. The van der Waals surface area contributed by atoms with E-state index in [1.165, 1.54) is 11.2 Å². The second-order valence-corrected chi connectivity index (χ2v) is 4.43. The zero-order valence-electron chi connectivity index (χ0n) is 11.8. The zero-order chi connectivity index (χ0) is 15.1. The minimum atomic E-state index is -0.437. The molecule has 1 amide bonds. The van der Waals surface area contributed by atoms with Gasteiger partial charge in [0.25, 0.3) is 5.91 Å². The van der Waals surface area contributed by atoms with E-state index in [0.29, 0.717) is 6.54 Å². The van der Waals surface area contributed by atoms with Crippen molar-refractivity contribution >= 4 is 11.9 Å². The Balaban J connectivity index is 2.13. The topological polar surface area (TPSA) is 59.8 Å². The standard InChI is InChI=1S/C16H17NO4/c1-2-20-15(18)12-17(11-13-7-4-3-5-8-13)16(19)14-9-6-10-21-14/h3-10H,2,11-12H2,1H3. The van der Waals surface area contributed by atoms with Crippen molar-refractivity contribution < 1.29 is 18.7 Å². The van der Waals surface area contributed by atoms with Gasteiger partial charge in [0, 0.05) is 6.54 Å². The van der Waals surface area contributed by atoms with Gasteiger partial charge in [0.05, 0.1) is 12.9 Å². The molecule has 0 aliphatic heterocycles. The predicted molar refractivity (Wildman–Crippen MR) is 76.5 cm³/mol. The van der Waals surface area contributed by atoms with Gasteiger partial charge in [-0.1, -0.05) is 30.3 Å². The Hall–Kier alpha value is -2.56. The lowest BCUT2D eigenvalue weighted by Crippen LogP contribution is -2.35. The molecule has 0 saturated carbocycles. The van der Waals surface area contributed by atoms with Gasteiger partial charge >= 0.3 is 5.97 Å². The highest BCUT2D eigenvalue weighted by Gasteiger charge is 2.21. The van der Waals surface area contributed by atoms with Crippen LogP contribution >= 0.6 is 0 Å². The fourth-order valence-electron chi connectivity index (χ4n) is 1.92. The average molecular weight is 287 g/mol. The maximum atomic E-state index is 12.4. The molecule has 0 saturated heterocycles. The second-order valence-electron chi connectivity index (χ2n) is 4.43. The molecular weight excluding hydrogens is 270 g/mol. The van der Waals surface area contributed by atoms with Gasteiger partial charge in [0.15, 0.2) is 5.76 Å². The molecule has 1 aromatic heterocycles. The van der Waals surface area contributed by atoms with E-state index in [-0.39, 0.29) is 24.8 Å². The van der Waals surface area contributed by atoms with Crippen molar-refractivity contribution in [2.24, 2.45) is 0 Å². The van der Waals surface area contributed by atoms with Gasteiger partial charge in [-0.05, 0) is 24.6 Å². The molecule has 0 radical (unpaired) electrons. The number of nitrogens with zero attached hydrogens (tertiary/aromatic N) is 1. The van der Waals surface area contributed by atoms with E-state index in [4.69, 9.17) is 9.15 Å². The number of furan rings is 1. The molecule has 1 aromatic carbocycles. The summed E-state index contributed by atoms with van der Waals surface area (Å²) in [6, 6.07) is 12.7. The number of carbonyl (C=O) groups is 2. The molecule has 110 valence electrons. The molecule has 0 aliphatic rings. The summed E-state index contributed by atoms with van der Waals surface area (Å²) >= 11 is 0. The number of rotatable bonds is 6. The molecular formula is C16H17NO4. The fraction of sp³-hybridized carbons (Fsp3) is 0.250. The van der Waals surface area contributed by atoms with Crippen LogP contribution in [0.15, 0.2) is 53.1 Å². The van der Waals surface area contributed by atoms with Crippen molar-refractivity contribution in [3.63, 3.8) is 0 Å². The van der Waals surface area contributed by atoms with Crippen LogP contribution < -0.4 is 0 Å². The van der Waals surface area contributed by atoms with E-state index in [1.54, 1.807) is 19.1 Å². The van der Waals surface area contributed by atoms with Gasteiger partial charge in [-0.25, -0.2) is 0 Å². The average Bonchev–Trinajstić information content (AvgIpc) is 3.01. The smallest absolute Gasteiger partial charge is 0.325 e. The van der Waals surface area contributed by atoms with Crippen LogP contribution in [-0.4, -0.2) is 29.9 Å². The Kier molecular flexibility index (Phi) is 5.15. The van der Waals surface area contributed by atoms with Crippen LogP contribution in [0.2, 0.25) is 0 Å². The van der Waals surface area contributed by atoms with Crippen molar-refractivity contribution in [3.05, 3.63) is 60.1 Å². The van der Waals surface area contributed by atoms with Crippen molar-refractivity contribution in [1.29, 1.82) is 0 Å². The normalized spacial score (nSPS) is 10.1. The highest BCUT2D eigenvalue weighted by molar-refractivity contribution is 5.93. The van der Waals surface area contributed by atoms with Crippen LogP contribution in [0.1, 0.15) is 23.0 Å². The third-order valence-corrected chi connectivity index (χ3v) is 2.86. The van der Waals surface area contributed by atoms with Crippen LogP contribution in [0.5, 0.6) is 0 Å². The minimum absolute atomic E-state index is 0.109. The summed E-state index contributed by atoms with van der Waals surface area (Å²) < 4.78 is 10.0. The van der Waals surface area contributed by atoms with Crippen molar-refractivity contribution in [1.82, 2.24) is 4.90 Å². The zero-order valence-corrected chi connectivity index (χ0v) is 11.8. The van der Waals surface area contributed by atoms with E-state index in [9.17, 15) is 9.59 Å². The Morgan fingerprint density at radius 3 is 2.52 bits per heavy atom. The van der Waals surface area contributed by atoms with Gasteiger partial charge in [-0.15, -0.1) is 0 Å². The Morgan fingerprint density at radius 2 is 1.90 bits per heavy atom. The number of esters is 1. The van der Waals surface area contributed by atoms with Gasteiger partial charge in [-0.2, -0.15) is 0 Å². The molecule has 5 heteroatoms. The number of carbonyl (C=O) groups excluding carboxylic acids is 2. The summed E-state index contributed by atoms with van der Waals surface area (Å²) in [5.74, 6) is -0.569. The maximum Gasteiger partial charge on any atom is 0.325 e. The summed E-state index contributed by atoms with van der Waals surface area (Å²) in [5.41, 5.74) is 0.932. The largest absolute Gasteiger partial charge is 0.465 e. The lowest BCUT2D eigenvalue weighted by molar-refractivity contribution is -0.143. The third-order valence-electron chi connectivity index (χ3n) is 2.86. The van der Waals surface area contributed by atoms with Crippen molar-refractivity contribution in [2.45, 2.75) is 13.5 Å². The van der Waals surface area contributed by atoms with Gasteiger partial charge in [0.2, 0.25) is 0 Å². The van der Waals surface area contributed by atoms with Gasteiger partial charge < -0.3 is 14.1 Å². The first-order valence-electron chi connectivity index (χ1n) is 6.73. The molecule has 2 rings (SSSR count). The Morgan fingerprint density at radius 1 is 1.14 bits per heavy atom. The van der Waals surface area contributed by atoms with E-state index in [1.807, 2.05) is 30.3 Å². The molecule has 0 aliphatic carbocycles. The van der Waals surface area contributed by atoms with Crippen LogP contribution in [0.25, 0.3) is 0 Å². The first-order chi connectivity index (χ1) is 10.2. The van der Waals surface area contributed by atoms with Gasteiger partial charge in [-0.3, -0.25) is 9.59 Å². The van der Waals surface area contributed by atoms with E-state index in [0.717, 1.165) is 5.56 Å². The monoisotopic (exact) mass is 287 g/mol. The Bertz CT molecular complexity index is 578. The summed E-state index contributed by atoms with van der Waals surface area (Å²) in [6.45, 7) is 2.22. The van der Waals surface area contributed by atoms with Crippen LogP contribution in [0.3, 0.4) is 0 Å². The lowest BCUT2D eigenvalue weighted by Gasteiger charge is -2.20. The van der Waals surface area contributed by atoms with Crippen molar-refractivity contribution in [3.8, 4) is 0 Å². The highest BCUT2D eigenvalue weighted by atomic mass is 16.5. The number of amides is 1. The van der Waals surface area contributed by atoms with Crippen LogP contribution in [0.4, 0.5) is 0 Å². The summed E-state index contributed by atoms with van der Waals surface area (Å²) in [4.78, 5) is 25.5. The quantitative estimate of drug-likeness (QED) is 0.766. The Labute approximate surface area is 123 Å².